The monoisotopic (exact) mass is 422 g/mol. The molecule has 2 aromatic carbocycles. The average molecular weight is 423 g/mol. The van der Waals surface area contributed by atoms with E-state index in [0.29, 0.717) is 28.0 Å². The van der Waals surface area contributed by atoms with E-state index in [9.17, 15) is 0 Å². The average Bonchev–Trinajstić information content (AvgIpc) is 3.01. The fourth-order valence-corrected chi connectivity index (χ4v) is 3.17. The molecule has 27 heavy (non-hydrogen) atoms. The molecule has 0 saturated heterocycles. The van der Waals surface area contributed by atoms with Crippen LogP contribution in [0.4, 0.5) is 0 Å². The summed E-state index contributed by atoms with van der Waals surface area (Å²) >= 11 is 17.3. The van der Waals surface area contributed by atoms with Gasteiger partial charge in [-0.05, 0) is 42.4 Å². The lowest BCUT2D eigenvalue weighted by molar-refractivity contribution is 0.303. The van der Waals surface area contributed by atoms with Crippen LogP contribution in [0.5, 0.6) is 5.75 Å². The highest BCUT2D eigenvalue weighted by atomic mass is 35.5. The number of aryl methyl sites for hydroxylation is 1. The van der Waals surface area contributed by atoms with Crippen molar-refractivity contribution >= 4 is 35.4 Å². The number of hydrogen-bond donors (Lipinski definition) is 2. The van der Waals surface area contributed by atoms with Crippen LogP contribution >= 0.6 is 35.4 Å². The number of aromatic nitrogens is 3. The van der Waals surface area contributed by atoms with E-state index in [2.05, 4.69) is 22.5 Å². The van der Waals surface area contributed by atoms with Gasteiger partial charge in [-0.25, -0.2) is 4.68 Å². The quantitative estimate of drug-likeness (QED) is 0.469. The lowest BCUT2D eigenvalue weighted by atomic mass is 10.2. The van der Waals surface area contributed by atoms with Gasteiger partial charge in [0.05, 0.1) is 16.6 Å². The van der Waals surface area contributed by atoms with Gasteiger partial charge in [0.1, 0.15) is 12.4 Å². The molecule has 5 nitrogen and oxygen atoms in total. The van der Waals surface area contributed by atoms with Crippen molar-refractivity contribution in [3.8, 4) is 5.75 Å². The largest absolute Gasteiger partial charge is 0.489 e. The number of ether oxygens (including phenoxy) is 1. The van der Waals surface area contributed by atoms with Crippen LogP contribution in [0.25, 0.3) is 0 Å². The maximum absolute atomic E-state index is 6.07. The van der Waals surface area contributed by atoms with Crippen LogP contribution in [0.2, 0.25) is 10.0 Å². The first-order valence-corrected chi connectivity index (χ1v) is 9.79. The summed E-state index contributed by atoms with van der Waals surface area (Å²) in [6.45, 7) is 3.07. The molecule has 2 N–H and O–H groups in total. The number of benzene rings is 2. The number of hydrogen-bond acceptors (Lipinski definition) is 4. The van der Waals surface area contributed by atoms with E-state index in [1.54, 1.807) is 6.07 Å². The molecule has 0 radical (unpaired) electrons. The van der Waals surface area contributed by atoms with E-state index in [1.807, 2.05) is 41.1 Å². The fraction of sp³-hybridized carbons (Fsp3) is 0.263. The third kappa shape index (κ3) is 5.03. The first kappa shape index (κ1) is 19.7. The van der Waals surface area contributed by atoms with Crippen LogP contribution in [0.15, 0.2) is 42.5 Å². The third-order valence-corrected chi connectivity index (χ3v) is 5.01. The standard InChI is InChI=1S/C19H20Cl2N4OS/c1-2-5-18-23-24-19(27)25(18)22-11-14-6-3-4-7-17(14)26-12-13-8-9-15(20)16(21)10-13/h3-4,6-10,22H,2,5,11-12H2,1H3,(H,24,27). The summed E-state index contributed by atoms with van der Waals surface area (Å²) in [6.07, 6.45) is 1.83. The van der Waals surface area contributed by atoms with Crippen LogP contribution < -0.4 is 10.2 Å². The van der Waals surface area contributed by atoms with Crippen molar-refractivity contribution in [2.45, 2.75) is 32.9 Å². The first-order valence-electron chi connectivity index (χ1n) is 8.63. The van der Waals surface area contributed by atoms with Crippen LogP contribution in [-0.2, 0) is 19.6 Å². The van der Waals surface area contributed by atoms with Gasteiger partial charge in [0.2, 0.25) is 4.77 Å². The molecule has 0 spiro atoms. The Balaban J connectivity index is 1.70. The van der Waals surface area contributed by atoms with Gasteiger partial charge in [-0.2, -0.15) is 5.10 Å². The van der Waals surface area contributed by atoms with Crippen LogP contribution in [0, 0.1) is 4.77 Å². The lowest BCUT2D eigenvalue weighted by Crippen LogP contribution is -2.18. The van der Waals surface area contributed by atoms with Gasteiger partial charge in [-0.1, -0.05) is 54.4 Å². The lowest BCUT2D eigenvalue weighted by Gasteiger charge is -2.14. The van der Waals surface area contributed by atoms with Gasteiger partial charge in [-0.15, -0.1) is 0 Å². The third-order valence-electron chi connectivity index (χ3n) is 3.99. The van der Waals surface area contributed by atoms with Crippen molar-refractivity contribution in [2.75, 3.05) is 5.43 Å². The molecule has 142 valence electrons. The molecule has 0 bridgehead atoms. The number of nitrogens with zero attached hydrogens (tertiary/aromatic N) is 2. The summed E-state index contributed by atoms with van der Waals surface area (Å²) in [5.41, 5.74) is 5.29. The van der Waals surface area contributed by atoms with Gasteiger partial charge in [0.25, 0.3) is 0 Å². The zero-order chi connectivity index (χ0) is 19.2. The first-order chi connectivity index (χ1) is 13.1. The molecule has 0 aliphatic heterocycles. The Bertz CT molecular complexity index is 970. The van der Waals surface area contributed by atoms with E-state index in [-0.39, 0.29) is 0 Å². The zero-order valence-electron chi connectivity index (χ0n) is 14.8. The van der Waals surface area contributed by atoms with Gasteiger partial charge in [-0.3, -0.25) is 5.10 Å². The minimum Gasteiger partial charge on any atom is -0.489 e. The SMILES string of the molecule is CCCc1n[nH]c(=S)n1NCc1ccccc1OCc1ccc(Cl)c(Cl)c1. The predicted octanol–water partition coefficient (Wildman–Crippen LogP) is 5.52. The Kier molecular flexibility index (Phi) is 6.77. The van der Waals surface area contributed by atoms with Gasteiger partial charge >= 0.3 is 0 Å². The van der Waals surface area contributed by atoms with Crippen molar-refractivity contribution in [1.82, 2.24) is 14.9 Å². The molecule has 3 rings (SSSR count). The van der Waals surface area contributed by atoms with E-state index in [4.69, 9.17) is 40.2 Å². The second-order valence-electron chi connectivity index (χ2n) is 6.01. The van der Waals surface area contributed by atoms with E-state index in [1.165, 1.54) is 0 Å². The number of halogens is 2. The molecule has 3 aromatic rings. The van der Waals surface area contributed by atoms with E-state index in [0.717, 1.165) is 35.5 Å². The molecule has 0 atom stereocenters. The van der Waals surface area contributed by atoms with Crippen molar-refractivity contribution in [3.63, 3.8) is 0 Å². The number of rotatable bonds is 8. The number of H-pyrrole nitrogens is 1. The highest BCUT2D eigenvalue weighted by Crippen LogP contribution is 2.24. The second-order valence-corrected chi connectivity index (χ2v) is 7.21. The molecule has 0 aliphatic rings. The smallest absolute Gasteiger partial charge is 0.214 e. The summed E-state index contributed by atoms with van der Waals surface area (Å²) in [5.74, 6) is 1.68. The summed E-state index contributed by atoms with van der Waals surface area (Å²) in [7, 11) is 0. The second kappa shape index (κ2) is 9.26. The molecule has 0 amide bonds. The predicted molar refractivity (Wildman–Crippen MR) is 112 cm³/mol. The minimum absolute atomic E-state index is 0.403. The summed E-state index contributed by atoms with van der Waals surface area (Å²) in [6, 6.07) is 13.4. The Hall–Kier alpha value is -2.02. The van der Waals surface area contributed by atoms with Crippen molar-refractivity contribution in [1.29, 1.82) is 0 Å². The Labute approximate surface area is 173 Å². The molecule has 0 unspecified atom stereocenters. The molecule has 8 heteroatoms. The van der Waals surface area contributed by atoms with Crippen LogP contribution in [-0.4, -0.2) is 14.9 Å². The topological polar surface area (TPSA) is 54.9 Å². The molecule has 0 fully saturated rings. The maximum Gasteiger partial charge on any atom is 0.214 e. The Morgan fingerprint density at radius 1 is 1.19 bits per heavy atom. The van der Waals surface area contributed by atoms with Crippen molar-refractivity contribution < 1.29 is 4.74 Å². The number of para-hydroxylation sites is 1. The summed E-state index contributed by atoms with van der Waals surface area (Å²) < 4.78 is 8.36. The van der Waals surface area contributed by atoms with Crippen molar-refractivity contribution in [2.24, 2.45) is 0 Å². The summed E-state index contributed by atoms with van der Waals surface area (Å²) in [4.78, 5) is 0. The highest BCUT2D eigenvalue weighted by Gasteiger charge is 2.08. The van der Waals surface area contributed by atoms with Crippen LogP contribution in [0.3, 0.4) is 0 Å². The molecule has 0 aliphatic carbocycles. The summed E-state index contributed by atoms with van der Waals surface area (Å²) in [5, 5.41) is 8.14. The number of nitrogens with one attached hydrogen (secondary N) is 2. The van der Waals surface area contributed by atoms with Crippen LogP contribution in [0.1, 0.15) is 30.3 Å². The molecular formula is C19H20Cl2N4OS. The minimum atomic E-state index is 0.403. The van der Waals surface area contributed by atoms with E-state index < -0.39 is 0 Å². The highest BCUT2D eigenvalue weighted by molar-refractivity contribution is 7.71. The molecule has 1 heterocycles. The Morgan fingerprint density at radius 2 is 2.00 bits per heavy atom. The fourth-order valence-electron chi connectivity index (χ4n) is 2.63. The molecule has 1 aromatic heterocycles. The molecule has 0 saturated carbocycles. The maximum atomic E-state index is 6.07. The van der Waals surface area contributed by atoms with Gasteiger partial charge in [0.15, 0.2) is 5.82 Å². The normalized spacial score (nSPS) is 10.8. The number of aromatic amines is 1. The van der Waals surface area contributed by atoms with Gasteiger partial charge in [0, 0.05) is 12.0 Å². The molecular weight excluding hydrogens is 403 g/mol. The van der Waals surface area contributed by atoms with E-state index >= 15 is 0 Å². The zero-order valence-corrected chi connectivity index (χ0v) is 17.2. The van der Waals surface area contributed by atoms with Crippen molar-refractivity contribution in [3.05, 3.63) is 74.2 Å². The van der Waals surface area contributed by atoms with Gasteiger partial charge < -0.3 is 10.2 Å². The Morgan fingerprint density at radius 3 is 2.78 bits per heavy atom.